The summed E-state index contributed by atoms with van der Waals surface area (Å²) in [4.78, 5) is 23.2. The molecule has 1 aliphatic rings. The van der Waals surface area contributed by atoms with Crippen LogP contribution in [0, 0.1) is 5.41 Å². The SMILES string of the molecule is CC1(CNC(=O)NC(CCC(=O)O)Cc2ccccc2)CCCCC1O. The van der Waals surface area contributed by atoms with Crippen LogP contribution in [0.2, 0.25) is 0 Å². The highest BCUT2D eigenvalue weighted by atomic mass is 16.4. The molecule has 0 aliphatic heterocycles. The minimum Gasteiger partial charge on any atom is -0.481 e. The summed E-state index contributed by atoms with van der Waals surface area (Å²) < 4.78 is 0. The maximum atomic E-state index is 12.3. The van der Waals surface area contributed by atoms with Crippen molar-refractivity contribution >= 4 is 12.0 Å². The van der Waals surface area contributed by atoms with Gasteiger partial charge in [0.25, 0.3) is 0 Å². The first kappa shape index (κ1) is 20.2. The minimum absolute atomic E-state index is 0.00814. The highest BCUT2D eigenvalue weighted by Gasteiger charge is 2.35. The average molecular weight is 362 g/mol. The van der Waals surface area contributed by atoms with Gasteiger partial charge in [0.2, 0.25) is 0 Å². The maximum absolute atomic E-state index is 12.3. The molecule has 4 N–H and O–H groups in total. The van der Waals surface area contributed by atoms with E-state index < -0.39 is 12.1 Å². The van der Waals surface area contributed by atoms with E-state index in [9.17, 15) is 14.7 Å². The molecule has 0 bridgehead atoms. The van der Waals surface area contributed by atoms with Crippen molar-refractivity contribution in [1.82, 2.24) is 10.6 Å². The van der Waals surface area contributed by atoms with Gasteiger partial charge in [-0.2, -0.15) is 0 Å². The van der Waals surface area contributed by atoms with Gasteiger partial charge in [-0.05, 0) is 31.2 Å². The number of aliphatic carboxylic acids is 1. The second kappa shape index (κ2) is 9.57. The smallest absolute Gasteiger partial charge is 0.315 e. The van der Waals surface area contributed by atoms with Gasteiger partial charge in [-0.1, -0.05) is 50.1 Å². The molecule has 6 heteroatoms. The zero-order valence-corrected chi connectivity index (χ0v) is 15.4. The minimum atomic E-state index is -0.872. The van der Waals surface area contributed by atoms with Crippen molar-refractivity contribution < 1.29 is 19.8 Å². The highest BCUT2D eigenvalue weighted by Crippen LogP contribution is 2.35. The van der Waals surface area contributed by atoms with Crippen LogP contribution in [-0.2, 0) is 11.2 Å². The quantitative estimate of drug-likeness (QED) is 0.571. The van der Waals surface area contributed by atoms with Gasteiger partial charge in [-0.25, -0.2) is 4.79 Å². The Labute approximate surface area is 155 Å². The first-order valence-electron chi connectivity index (χ1n) is 9.37. The van der Waals surface area contributed by atoms with Crippen molar-refractivity contribution in [2.24, 2.45) is 5.41 Å². The Hall–Kier alpha value is -2.08. The molecule has 6 nitrogen and oxygen atoms in total. The van der Waals surface area contributed by atoms with E-state index in [2.05, 4.69) is 10.6 Å². The molecule has 144 valence electrons. The number of carboxylic acids is 1. The summed E-state index contributed by atoms with van der Waals surface area (Å²) >= 11 is 0. The molecule has 0 heterocycles. The Morgan fingerprint density at radius 2 is 2.00 bits per heavy atom. The number of carboxylic acid groups (broad SMARTS) is 1. The van der Waals surface area contributed by atoms with E-state index in [0.717, 1.165) is 31.2 Å². The Bertz CT molecular complexity index is 593. The Morgan fingerprint density at radius 1 is 1.27 bits per heavy atom. The van der Waals surface area contributed by atoms with Crippen molar-refractivity contribution in [2.75, 3.05) is 6.54 Å². The number of carbonyl (C=O) groups excluding carboxylic acids is 1. The number of nitrogens with one attached hydrogen (secondary N) is 2. The number of hydrogen-bond acceptors (Lipinski definition) is 3. The van der Waals surface area contributed by atoms with Crippen LogP contribution in [0.4, 0.5) is 4.79 Å². The molecule has 1 fully saturated rings. The number of hydrogen-bond donors (Lipinski definition) is 4. The lowest BCUT2D eigenvalue weighted by Crippen LogP contribution is -2.50. The molecule has 1 aromatic carbocycles. The molecule has 1 aromatic rings. The zero-order valence-electron chi connectivity index (χ0n) is 15.4. The molecule has 0 saturated heterocycles. The zero-order chi connectivity index (χ0) is 19.0. The van der Waals surface area contributed by atoms with Crippen molar-refractivity contribution in [3.63, 3.8) is 0 Å². The van der Waals surface area contributed by atoms with Gasteiger partial charge >= 0.3 is 12.0 Å². The number of amides is 2. The lowest BCUT2D eigenvalue weighted by Gasteiger charge is -2.38. The van der Waals surface area contributed by atoms with Crippen molar-refractivity contribution in [1.29, 1.82) is 0 Å². The largest absolute Gasteiger partial charge is 0.481 e. The second-order valence-corrected chi connectivity index (χ2v) is 7.56. The van der Waals surface area contributed by atoms with Crippen LogP contribution < -0.4 is 10.6 Å². The third-order valence-corrected chi connectivity index (χ3v) is 5.30. The molecule has 0 radical (unpaired) electrons. The average Bonchev–Trinajstić information content (AvgIpc) is 2.61. The molecule has 1 aliphatic carbocycles. The summed E-state index contributed by atoms with van der Waals surface area (Å²) in [6.45, 7) is 2.42. The third kappa shape index (κ3) is 6.33. The van der Waals surface area contributed by atoms with Crippen LogP contribution in [0.1, 0.15) is 51.0 Å². The van der Waals surface area contributed by atoms with Crippen LogP contribution in [0.25, 0.3) is 0 Å². The molecule has 2 amide bonds. The monoisotopic (exact) mass is 362 g/mol. The van der Waals surface area contributed by atoms with E-state index in [1.54, 1.807) is 0 Å². The maximum Gasteiger partial charge on any atom is 0.315 e. The normalized spacial score (nSPS) is 23.8. The number of carbonyl (C=O) groups is 2. The van der Waals surface area contributed by atoms with E-state index >= 15 is 0 Å². The molecule has 0 spiro atoms. The van der Waals surface area contributed by atoms with E-state index in [4.69, 9.17) is 5.11 Å². The fraction of sp³-hybridized carbons (Fsp3) is 0.600. The molecule has 26 heavy (non-hydrogen) atoms. The van der Waals surface area contributed by atoms with E-state index in [0.29, 0.717) is 19.4 Å². The third-order valence-electron chi connectivity index (χ3n) is 5.30. The summed E-state index contributed by atoms with van der Waals surface area (Å²) in [5.41, 5.74) is 0.754. The lowest BCUT2D eigenvalue weighted by atomic mass is 9.73. The topological polar surface area (TPSA) is 98.7 Å². The van der Waals surface area contributed by atoms with Gasteiger partial charge in [-0.15, -0.1) is 0 Å². The predicted molar refractivity (Wildman–Crippen MR) is 99.9 cm³/mol. The summed E-state index contributed by atoms with van der Waals surface area (Å²) in [6.07, 6.45) is 4.32. The van der Waals surface area contributed by atoms with E-state index in [1.807, 2.05) is 37.3 Å². The predicted octanol–water partition coefficient (Wildman–Crippen LogP) is 2.70. The summed E-state index contributed by atoms with van der Waals surface area (Å²) in [5, 5.41) is 24.9. The molecule has 3 atom stereocenters. The Morgan fingerprint density at radius 3 is 2.65 bits per heavy atom. The van der Waals surface area contributed by atoms with Crippen molar-refractivity contribution in [3.8, 4) is 0 Å². The van der Waals surface area contributed by atoms with E-state index in [-0.39, 0.29) is 23.9 Å². The van der Waals surface area contributed by atoms with Crippen LogP contribution in [-0.4, -0.2) is 40.9 Å². The summed E-state index contributed by atoms with van der Waals surface area (Å²) in [5.74, 6) is -0.872. The molecule has 1 saturated carbocycles. The van der Waals surface area contributed by atoms with Crippen LogP contribution in [0.3, 0.4) is 0 Å². The fourth-order valence-electron chi connectivity index (χ4n) is 3.53. The second-order valence-electron chi connectivity index (χ2n) is 7.56. The standard InChI is InChI=1S/C20H30N2O4/c1-20(12-6-5-9-17(20)23)14-21-19(26)22-16(10-11-18(24)25)13-15-7-3-2-4-8-15/h2-4,7-8,16-17,23H,5-6,9-14H2,1H3,(H,24,25)(H2,21,22,26). The summed E-state index contributed by atoms with van der Waals surface area (Å²) in [7, 11) is 0. The van der Waals surface area contributed by atoms with Crippen molar-refractivity contribution in [2.45, 2.75) is 64.0 Å². The van der Waals surface area contributed by atoms with Gasteiger partial charge in [0.05, 0.1) is 6.10 Å². The molecular formula is C20H30N2O4. The van der Waals surface area contributed by atoms with Crippen molar-refractivity contribution in [3.05, 3.63) is 35.9 Å². The number of benzene rings is 1. The molecular weight excluding hydrogens is 332 g/mol. The van der Waals surface area contributed by atoms with Crippen LogP contribution >= 0.6 is 0 Å². The van der Waals surface area contributed by atoms with Gasteiger partial charge in [0, 0.05) is 24.4 Å². The number of aliphatic hydroxyl groups excluding tert-OH is 1. The van der Waals surface area contributed by atoms with Gasteiger partial charge < -0.3 is 20.8 Å². The molecule has 2 rings (SSSR count). The highest BCUT2D eigenvalue weighted by molar-refractivity contribution is 5.74. The van der Waals surface area contributed by atoms with Gasteiger partial charge in [-0.3, -0.25) is 4.79 Å². The first-order valence-corrected chi connectivity index (χ1v) is 9.37. The fourth-order valence-corrected chi connectivity index (χ4v) is 3.53. The molecule has 0 aromatic heterocycles. The first-order chi connectivity index (χ1) is 12.4. The Balaban J connectivity index is 1.89. The van der Waals surface area contributed by atoms with Crippen LogP contribution in [0.15, 0.2) is 30.3 Å². The van der Waals surface area contributed by atoms with E-state index in [1.165, 1.54) is 0 Å². The number of rotatable bonds is 8. The van der Waals surface area contributed by atoms with Gasteiger partial charge in [0.15, 0.2) is 0 Å². The molecule has 3 unspecified atom stereocenters. The number of aliphatic hydroxyl groups is 1. The lowest BCUT2D eigenvalue weighted by molar-refractivity contribution is -0.137. The van der Waals surface area contributed by atoms with Crippen LogP contribution in [0.5, 0.6) is 0 Å². The van der Waals surface area contributed by atoms with Gasteiger partial charge in [0.1, 0.15) is 0 Å². The summed E-state index contributed by atoms with van der Waals surface area (Å²) in [6, 6.07) is 9.14. The Kier molecular flexibility index (Phi) is 7.45. The number of urea groups is 1.